The minimum absolute atomic E-state index is 0.231. The molecule has 1 aromatic heterocycles. The number of hydrogen-bond donors (Lipinski definition) is 0. The third-order valence-electron chi connectivity index (χ3n) is 2.02. The van der Waals surface area contributed by atoms with Crippen molar-refractivity contribution in [1.29, 1.82) is 5.26 Å². The zero-order chi connectivity index (χ0) is 12.3. The van der Waals surface area contributed by atoms with Crippen LogP contribution in [0.3, 0.4) is 0 Å². The Morgan fingerprint density at radius 1 is 1.29 bits per heavy atom. The van der Waals surface area contributed by atoms with Crippen molar-refractivity contribution in [3.05, 3.63) is 50.7 Å². The average molecular weight is 357 g/mol. The van der Waals surface area contributed by atoms with Crippen LogP contribution in [0, 0.1) is 14.9 Å². The van der Waals surface area contributed by atoms with Crippen LogP contribution in [0.15, 0.2) is 36.5 Å². The predicted octanol–water partition coefficient (Wildman–Crippen LogP) is 4.00. The molecule has 0 bridgehead atoms. The first-order chi connectivity index (χ1) is 8.22. The second kappa shape index (κ2) is 5.34. The van der Waals surface area contributed by atoms with E-state index < -0.39 is 0 Å². The average Bonchev–Trinajstić information content (AvgIpc) is 2.34. The maximum absolute atomic E-state index is 8.84. The second-order valence-electron chi connectivity index (χ2n) is 3.12. The lowest BCUT2D eigenvalue weighted by atomic mass is 10.3. The molecule has 0 aliphatic carbocycles. The summed E-state index contributed by atoms with van der Waals surface area (Å²) in [7, 11) is 0. The van der Waals surface area contributed by atoms with Gasteiger partial charge in [-0.2, -0.15) is 5.26 Å². The molecule has 3 nitrogen and oxygen atoms in total. The van der Waals surface area contributed by atoms with E-state index in [0.717, 1.165) is 3.57 Å². The van der Waals surface area contributed by atoms with Gasteiger partial charge in [-0.15, -0.1) is 0 Å². The van der Waals surface area contributed by atoms with Gasteiger partial charge >= 0.3 is 0 Å². The zero-order valence-electron chi connectivity index (χ0n) is 8.52. The Morgan fingerprint density at radius 2 is 2.06 bits per heavy atom. The maximum Gasteiger partial charge on any atom is 0.239 e. The minimum Gasteiger partial charge on any atom is -0.436 e. The van der Waals surface area contributed by atoms with E-state index in [4.69, 9.17) is 21.6 Å². The summed E-state index contributed by atoms with van der Waals surface area (Å²) >= 11 is 8.15. The summed E-state index contributed by atoms with van der Waals surface area (Å²) in [5, 5.41) is 9.08. The third-order valence-corrected chi connectivity index (χ3v) is 3.28. The summed E-state index contributed by atoms with van der Waals surface area (Å²) in [4.78, 5) is 4.01. The van der Waals surface area contributed by atoms with Gasteiger partial charge in [-0.1, -0.05) is 23.7 Å². The molecule has 1 aromatic carbocycles. The molecule has 0 radical (unpaired) electrons. The van der Waals surface area contributed by atoms with Crippen LogP contribution in [0.5, 0.6) is 11.6 Å². The SMILES string of the molecule is N#Cc1ccnc(Oc2ccccc2I)c1Cl. The van der Waals surface area contributed by atoms with Crippen molar-refractivity contribution in [1.82, 2.24) is 4.98 Å². The van der Waals surface area contributed by atoms with Crippen molar-refractivity contribution in [2.45, 2.75) is 0 Å². The lowest BCUT2D eigenvalue weighted by molar-refractivity contribution is 0.460. The zero-order valence-corrected chi connectivity index (χ0v) is 11.4. The number of aromatic nitrogens is 1. The van der Waals surface area contributed by atoms with Crippen molar-refractivity contribution in [2.75, 3.05) is 0 Å². The van der Waals surface area contributed by atoms with Crippen LogP contribution in [-0.2, 0) is 0 Å². The van der Waals surface area contributed by atoms with Crippen molar-refractivity contribution in [3.63, 3.8) is 0 Å². The van der Waals surface area contributed by atoms with Gasteiger partial charge in [-0.25, -0.2) is 4.98 Å². The van der Waals surface area contributed by atoms with E-state index in [2.05, 4.69) is 27.6 Å². The number of ether oxygens (including phenoxy) is 1. The molecular formula is C12H6ClIN2O. The number of benzene rings is 1. The van der Waals surface area contributed by atoms with Crippen LogP contribution in [0.1, 0.15) is 5.56 Å². The molecule has 0 saturated carbocycles. The molecule has 0 aliphatic rings. The first-order valence-electron chi connectivity index (χ1n) is 4.69. The normalized spacial score (nSPS) is 9.71. The molecule has 0 spiro atoms. The quantitative estimate of drug-likeness (QED) is 0.764. The van der Waals surface area contributed by atoms with Gasteiger partial charge in [0.25, 0.3) is 0 Å². The predicted molar refractivity (Wildman–Crippen MR) is 73.2 cm³/mol. The first-order valence-corrected chi connectivity index (χ1v) is 6.15. The molecule has 0 N–H and O–H groups in total. The Labute approximate surface area is 117 Å². The number of pyridine rings is 1. The van der Waals surface area contributed by atoms with Crippen LogP contribution >= 0.6 is 34.2 Å². The lowest BCUT2D eigenvalue weighted by Gasteiger charge is -2.08. The van der Waals surface area contributed by atoms with Crippen LogP contribution in [0.25, 0.3) is 0 Å². The number of halogens is 2. The Bertz CT molecular complexity index is 595. The summed E-state index contributed by atoms with van der Waals surface area (Å²) < 4.78 is 6.53. The van der Waals surface area contributed by atoms with E-state index in [1.54, 1.807) is 6.07 Å². The largest absolute Gasteiger partial charge is 0.436 e. The van der Waals surface area contributed by atoms with Crippen molar-refractivity contribution in [2.24, 2.45) is 0 Å². The first kappa shape index (κ1) is 12.1. The third kappa shape index (κ3) is 2.68. The summed E-state index contributed by atoms with van der Waals surface area (Å²) in [6, 6.07) is 11.0. The van der Waals surface area contributed by atoms with Crippen LogP contribution in [-0.4, -0.2) is 4.98 Å². The molecule has 17 heavy (non-hydrogen) atoms. The summed E-state index contributed by atoms with van der Waals surface area (Å²) in [5.41, 5.74) is 0.350. The van der Waals surface area contributed by atoms with Crippen LogP contribution < -0.4 is 4.74 Å². The smallest absolute Gasteiger partial charge is 0.239 e. The van der Waals surface area contributed by atoms with E-state index >= 15 is 0 Å². The van der Waals surface area contributed by atoms with Gasteiger partial charge in [0, 0.05) is 6.20 Å². The van der Waals surface area contributed by atoms with Crippen molar-refractivity contribution < 1.29 is 4.74 Å². The molecule has 0 saturated heterocycles. The van der Waals surface area contributed by atoms with Gasteiger partial charge in [0.2, 0.25) is 5.88 Å². The van der Waals surface area contributed by atoms with Gasteiger partial charge < -0.3 is 4.74 Å². The molecule has 2 rings (SSSR count). The second-order valence-corrected chi connectivity index (χ2v) is 4.66. The number of para-hydroxylation sites is 1. The Balaban J connectivity index is 2.38. The van der Waals surface area contributed by atoms with E-state index in [1.807, 2.05) is 30.3 Å². The molecule has 5 heteroatoms. The van der Waals surface area contributed by atoms with E-state index in [9.17, 15) is 0 Å². The summed E-state index contributed by atoms with van der Waals surface area (Å²) in [5.74, 6) is 0.910. The van der Waals surface area contributed by atoms with Crippen molar-refractivity contribution >= 4 is 34.2 Å². The highest BCUT2D eigenvalue weighted by Gasteiger charge is 2.10. The number of rotatable bonds is 2. The number of hydrogen-bond acceptors (Lipinski definition) is 3. The summed E-state index contributed by atoms with van der Waals surface area (Å²) in [6.45, 7) is 0. The summed E-state index contributed by atoms with van der Waals surface area (Å²) in [6.07, 6.45) is 1.50. The molecule has 0 amide bonds. The number of nitrogens with zero attached hydrogens (tertiary/aromatic N) is 2. The van der Waals surface area contributed by atoms with Crippen LogP contribution in [0.4, 0.5) is 0 Å². The Morgan fingerprint density at radius 3 is 2.76 bits per heavy atom. The highest BCUT2D eigenvalue weighted by Crippen LogP contribution is 2.31. The lowest BCUT2D eigenvalue weighted by Crippen LogP contribution is -1.92. The minimum atomic E-state index is 0.231. The van der Waals surface area contributed by atoms with E-state index in [0.29, 0.717) is 11.3 Å². The molecule has 0 aliphatic heterocycles. The monoisotopic (exact) mass is 356 g/mol. The Hall–Kier alpha value is -1.32. The fourth-order valence-electron chi connectivity index (χ4n) is 1.21. The standard InChI is InChI=1S/C12H6ClIN2O/c13-11-8(7-15)5-6-16-12(11)17-10-4-2-1-3-9(10)14/h1-6H. The van der Waals surface area contributed by atoms with Gasteiger partial charge in [0.05, 0.1) is 9.13 Å². The van der Waals surface area contributed by atoms with Crippen LogP contribution in [0.2, 0.25) is 5.02 Å². The highest BCUT2D eigenvalue weighted by molar-refractivity contribution is 14.1. The van der Waals surface area contributed by atoms with E-state index in [1.165, 1.54) is 6.20 Å². The molecule has 84 valence electrons. The fourth-order valence-corrected chi connectivity index (χ4v) is 1.90. The van der Waals surface area contributed by atoms with Gasteiger partial charge in [-0.3, -0.25) is 0 Å². The van der Waals surface area contributed by atoms with Gasteiger partial charge in [0.15, 0.2) is 0 Å². The molecule has 0 fully saturated rings. The van der Waals surface area contributed by atoms with E-state index in [-0.39, 0.29) is 10.9 Å². The number of nitriles is 1. The molecular weight excluding hydrogens is 351 g/mol. The molecule has 0 unspecified atom stereocenters. The molecule has 0 atom stereocenters. The Kier molecular flexibility index (Phi) is 3.82. The van der Waals surface area contributed by atoms with Crippen molar-refractivity contribution in [3.8, 4) is 17.7 Å². The molecule has 2 aromatic rings. The van der Waals surface area contributed by atoms with Gasteiger partial charge in [0.1, 0.15) is 16.8 Å². The van der Waals surface area contributed by atoms with Gasteiger partial charge in [-0.05, 0) is 40.8 Å². The fraction of sp³-hybridized carbons (Fsp3) is 0. The topological polar surface area (TPSA) is 45.9 Å². The highest BCUT2D eigenvalue weighted by atomic mass is 127. The maximum atomic E-state index is 8.84. The molecule has 1 heterocycles.